The number of benzene rings is 1. The molecule has 0 bridgehead atoms. The van der Waals surface area contributed by atoms with E-state index >= 15 is 0 Å². The van der Waals surface area contributed by atoms with Crippen molar-refractivity contribution in [2.45, 2.75) is 0 Å². The molecule has 0 unspecified atom stereocenters. The van der Waals surface area contributed by atoms with Gasteiger partial charge in [0.1, 0.15) is 6.54 Å². The molecule has 0 aliphatic carbocycles. The highest BCUT2D eigenvalue weighted by molar-refractivity contribution is 5.90. The number of rotatable bonds is 7. The van der Waals surface area contributed by atoms with Crippen LogP contribution < -0.4 is 5.32 Å². The molecule has 9 heteroatoms. The van der Waals surface area contributed by atoms with Crippen LogP contribution in [0.15, 0.2) is 30.3 Å². The van der Waals surface area contributed by atoms with E-state index in [2.05, 4.69) is 14.8 Å². The largest absolute Gasteiger partial charge is 0.468 e. The third-order valence-electron chi connectivity index (χ3n) is 2.50. The summed E-state index contributed by atoms with van der Waals surface area (Å²) in [5.41, 5.74) is 0.328. The van der Waals surface area contributed by atoms with E-state index in [9.17, 15) is 24.5 Å². The Hall–Kier alpha value is -3.23. The van der Waals surface area contributed by atoms with Crippen LogP contribution in [-0.4, -0.2) is 43.0 Å². The Morgan fingerprint density at radius 2 is 2.09 bits per heavy atom. The van der Waals surface area contributed by atoms with E-state index in [1.54, 1.807) is 6.07 Å². The van der Waals surface area contributed by atoms with Gasteiger partial charge in [0.05, 0.1) is 12.0 Å². The lowest BCUT2D eigenvalue weighted by atomic mass is 10.2. The van der Waals surface area contributed by atoms with Crippen molar-refractivity contribution in [2.75, 3.05) is 20.3 Å². The molecule has 23 heavy (non-hydrogen) atoms. The van der Waals surface area contributed by atoms with Gasteiger partial charge < -0.3 is 14.8 Å². The fraction of sp³-hybridized carbons (Fsp3) is 0.214. The summed E-state index contributed by atoms with van der Waals surface area (Å²) in [5.74, 6) is -2.09. The third kappa shape index (κ3) is 6.85. The highest BCUT2D eigenvalue weighted by atomic mass is 16.6. The van der Waals surface area contributed by atoms with Crippen molar-refractivity contribution < 1.29 is 28.8 Å². The van der Waals surface area contributed by atoms with Gasteiger partial charge in [0.15, 0.2) is 6.61 Å². The van der Waals surface area contributed by atoms with Gasteiger partial charge in [-0.3, -0.25) is 19.7 Å². The van der Waals surface area contributed by atoms with Crippen molar-refractivity contribution in [1.29, 1.82) is 0 Å². The standard InChI is InChI=1S/C14H14N2O7/c1-22-14(19)8-15-12(17)9-23-13(18)6-5-10-3-2-4-11(7-10)16(20)21/h2-7H,8-9H2,1H3,(H,15,17)/b6-5+. The Morgan fingerprint density at radius 1 is 1.35 bits per heavy atom. The summed E-state index contributed by atoms with van der Waals surface area (Å²) in [6, 6.07) is 5.65. The van der Waals surface area contributed by atoms with Crippen molar-refractivity contribution in [1.82, 2.24) is 5.32 Å². The van der Waals surface area contributed by atoms with Crippen molar-refractivity contribution in [2.24, 2.45) is 0 Å². The number of carbonyl (C=O) groups excluding carboxylic acids is 3. The van der Waals surface area contributed by atoms with Crippen molar-refractivity contribution in [3.63, 3.8) is 0 Å². The van der Waals surface area contributed by atoms with E-state index < -0.39 is 29.4 Å². The van der Waals surface area contributed by atoms with E-state index in [-0.39, 0.29) is 12.2 Å². The van der Waals surface area contributed by atoms with Gasteiger partial charge in [-0.25, -0.2) is 4.79 Å². The number of hydrogen-bond acceptors (Lipinski definition) is 7. The molecule has 0 fully saturated rings. The van der Waals surface area contributed by atoms with Gasteiger partial charge >= 0.3 is 11.9 Å². The number of non-ortho nitro benzene ring substituents is 1. The summed E-state index contributed by atoms with van der Waals surface area (Å²) in [5, 5.41) is 12.8. The van der Waals surface area contributed by atoms with Crippen LogP contribution in [0.25, 0.3) is 6.08 Å². The SMILES string of the molecule is COC(=O)CNC(=O)COC(=O)/C=C/c1cccc([N+](=O)[O-])c1. The van der Waals surface area contributed by atoms with Crippen LogP contribution in [0.5, 0.6) is 0 Å². The summed E-state index contributed by atoms with van der Waals surface area (Å²) >= 11 is 0. The van der Waals surface area contributed by atoms with Gasteiger partial charge in [0.2, 0.25) is 0 Å². The minimum Gasteiger partial charge on any atom is -0.468 e. The number of nitrogens with zero attached hydrogens (tertiary/aromatic N) is 1. The predicted molar refractivity (Wildman–Crippen MR) is 78.1 cm³/mol. The Morgan fingerprint density at radius 3 is 2.74 bits per heavy atom. The lowest BCUT2D eigenvalue weighted by Gasteiger charge is -2.03. The van der Waals surface area contributed by atoms with Crippen molar-refractivity contribution in [3.8, 4) is 0 Å². The summed E-state index contributed by atoms with van der Waals surface area (Å²) < 4.78 is 8.97. The van der Waals surface area contributed by atoms with Gasteiger partial charge in [-0.05, 0) is 11.6 Å². The Balaban J connectivity index is 2.44. The van der Waals surface area contributed by atoms with E-state index in [1.807, 2.05) is 0 Å². The van der Waals surface area contributed by atoms with E-state index in [1.165, 1.54) is 31.4 Å². The Bertz CT molecular complexity index is 640. The van der Waals surface area contributed by atoms with Crippen molar-refractivity contribution in [3.05, 3.63) is 46.0 Å². The van der Waals surface area contributed by atoms with Gasteiger partial charge in [-0.1, -0.05) is 12.1 Å². The molecule has 1 rings (SSSR count). The molecule has 0 aliphatic heterocycles. The van der Waals surface area contributed by atoms with Crippen LogP contribution in [0.1, 0.15) is 5.56 Å². The molecule has 122 valence electrons. The molecule has 0 radical (unpaired) electrons. The quantitative estimate of drug-likeness (QED) is 0.334. The molecule has 0 saturated heterocycles. The first-order chi connectivity index (χ1) is 10.9. The molecule has 0 aromatic heterocycles. The van der Waals surface area contributed by atoms with Crippen LogP contribution in [0.3, 0.4) is 0 Å². The fourth-order valence-corrected chi connectivity index (χ4v) is 1.39. The second-order valence-corrected chi connectivity index (χ2v) is 4.15. The fourth-order valence-electron chi connectivity index (χ4n) is 1.39. The molecule has 1 N–H and O–H groups in total. The second kappa shape index (κ2) is 8.93. The normalized spacial score (nSPS) is 10.1. The molecular weight excluding hydrogens is 308 g/mol. The molecule has 1 aromatic carbocycles. The monoisotopic (exact) mass is 322 g/mol. The molecule has 1 aromatic rings. The highest BCUT2D eigenvalue weighted by Gasteiger charge is 2.08. The maximum Gasteiger partial charge on any atom is 0.331 e. The van der Waals surface area contributed by atoms with E-state index in [0.29, 0.717) is 5.56 Å². The third-order valence-corrected chi connectivity index (χ3v) is 2.50. The van der Waals surface area contributed by atoms with Crippen LogP contribution >= 0.6 is 0 Å². The van der Waals surface area contributed by atoms with Crippen LogP contribution in [-0.2, 0) is 23.9 Å². The first-order valence-corrected chi connectivity index (χ1v) is 6.35. The van der Waals surface area contributed by atoms with Gasteiger partial charge in [0.25, 0.3) is 11.6 Å². The molecular formula is C14H14N2O7. The number of amides is 1. The summed E-state index contributed by atoms with van der Waals surface area (Å²) in [4.78, 5) is 43.5. The maximum atomic E-state index is 11.4. The zero-order chi connectivity index (χ0) is 17.2. The van der Waals surface area contributed by atoms with E-state index in [4.69, 9.17) is 0 Å². The highest BCUT2D eigenvalue weighted by Crippen LogP contribution is 2.14. The first-order valence-electron chi connectivity index (χ1n) is 6.35. The zero-order valence-corrected chi connectivity index (χ0v) is 12.2. The van der Waals surface area contributed by atoms with Gasteiger partial charge in [-0.2, -0.15) is 0 Å². The number of nitrogens with one attached hydrogen (secondary N) is 1. The number of hydrogen-bond donors (Lipinski definition) is 1. The van der Waals surface area contributed by atoms with Crippen molar-refractivity contribution >= 4 is 29.6 Å². The Labute approximate surface area is 131 Å². The van der Waals surface area contributed by atoms with Gasteiger partial charge in [-0.15, -0.1) is 0 Å². The lowest BCUT2D eigenvalue weighted by Crippen LogP contribution is -2.33. The average molecular weight is 322 g/mol. The zero-order valence-electron chi connectivity index (χ0n) is 12.2. The smallest absolute Gasteiger partial charge is 0.331 e. The number of carbonyl (C=O) groups is 3. The minimum atomic E-state index is -0.801. The van der Waals surface area contributed by atoms with E-state index in [0.717, 1.165) is 6.08 Å². The maximum absolute atomic E-state index is 11.4. The number of nitro benzene ring substituents is 1. The molecule has 0 heterocycles. The number of methoxy groups -OCH3 is 1. The van der Waals surface area contributed by atoms with Gasteiger partial charge in [0, 0.05) is 18.2 Å². The predicted octanol–water partition coefficient (Wildman–Crippen LogP) is 0.440. The van der Waals surface area contributed by atoms with Crippen LogP contribution in [0.4, 0.5) is 5.69 Å². The summed E-state index contributed by atoms with van der Waals surface area (Å²) in [7, 11) is 1.17. The minimum absolute atomic E-state index is 0.109. The summed E-state index contributed by atoms with van der Waals surface area (Å²) in [6.45, 7) is -0.883. The second-order valence-electron chi connectivity index (χ2n) is 4.15. The Kier molecular flexibility index (Phi) is 6.92. The first kappa shape index (κ1) is 17.8. The number of esters is 2. The lowest BCUT2D eigenvalue weighted by molar-refractivity contribution is -0.384. The number of ether oxygens (including phenoxy) is 2. The molecule has 1 amide bonds. The van der Waals surface area contributed by atoms with Crippen LogP contribution in [0, 0.1) is 10.1 Å². The molecule has 0 aliphatic rings. The molecule has 0 saturated carbocycles. The topological polar surface area (TPSA) is 125 Å². The number of nitro groups is 1. The van der Waals surface area contributed by atoms with Crippen LogP contribution in [0.2, 0.25) is 0 Å². The molecule has 0 atom stereocenters. The molecule has 0 spiro atoms. The molecule has 9 nitrogen and oxygen atoms in total. The average Bonchev–Trinajstić information content (AvgIpc) is 2.56. The summed E-state index contributed by atoms with van der Waals surface area (Å²) in [6.07, 6.45) is 2.36.